The van der Waals surface area contributed by atoms with Crippen LogP contribution < -0.4 is 10.6 Å². The predicted molar refractivity (Wildman–Crippen MR) is 96.9 cm³/mol. The van der Waals surface area contributed by atoms with Gasteiger partial charge in [-0.3, -0.25) is 4.79 Å². The highest BCUT2D eigenvalue weighted by molar-refractivity contribution is 7.17. The zero-order valence-electron chi connectivity index (χ0n) is 13.5. The minimum Gasteiger partial charge on any atom is -0.369 e. The van der Waals surface area contributed by atoms with Gasteiger partial charge in [-0.25, -0.2) is 14.4 Å². The van der Waals surface area contributed by atoms with Crippen molar-refractivity contribution in [1.82, 2.24) is 9.97 Å². The number of halogens is 1. The Morgan fingerprint density at radius 3 is 2.60 bits per heavy atom. The average Bonchev–Trinajstić information content (AvgIpc) is 3.07. The first-order valence-corrected chi connectivity index (χ1v) is 9.04. The van der Waals surface area contributed by atoms with E-state index in [1.165, 1.54) is 12.1 Å². The molecule has 1 aliphatic heterocycles. The topological polar surface area (TPSA) is 72.1 Å². The lowest BCUT2D eigenvalue weighted by molar-refractivity contribution is -0.122. The molecule has 4 rings (SSSR count). The van der Waals surface area contributed by atoms with E-state index in [0.717, 1.165) is 53.1 Å². The van der Waals surface area contributed by atoms with Crippen molar-refractivity contribution >= 4 is 33.3 Å². The number of fused-ring (bicyclic) bond motifs is 1. The Morgan fingerprint density at radius 2 is 1.92 bits per heavy atom. The summed E-state index contributed by atoms with van der Waals surface area (Å²) in [5, 5.41) is 3.02. The SMILES string of the molecule is NC(=O)C1CCN(c2ncnc3scc(-c4ccc(F)cc4)c23)CC1. The Morgan fingerprint density at radius 1 is 1.20 bits per heavy atom. The summed E-state index contributed by atoms with van der Waals surface area (Å²) in [6.07, 6.45) is 3.04. The zero-order valence-corrected chi connectivity index (χ0v) is 14.3. The van der Waals surface area contributed by atoms with Crippen LogP contribution in [0, 0.1) is 11.7 Å². The molecule has 1 amide bonds. The van der Waals surface area contributed by atoms with Crippen molar-refractivity contribution < 1.29 is 9.18 Å². The number of primary amides is 1. The normalized spacial score (nSPS) is 15.6. The molecule has 128 valence electrons. The standard InChI is InChI=1S/C18H17FN4OS/c19-13-3-1-11(2-4-13)14-9-25-18-15(14)17(21-10-22-18)23-7-5-12(6-8-23)16(20)24/h1-4,9-10,12H,5-8H2,(H2,20,24). The van der Waals surface area contributed by atoms with E-state index >= 15 is 0 Å². The molecule has 0 atom stereocenters. The zero-order chi connectivity index (χ0) is 17.4. The van der Waals surface area contributed by atoms with Gasteiger partial charge in [0, 0.05) is 30.0 Å². The molecule has 25 heavy (non-hydrogen) atoms. The highest BCUT2D eigenvalue weighted by Gasteiger charge is 2.26. The van der Waals surface area contributed by atoms with Crippen LogP contribution in [-0.4, -0.2) is 29.0 Å². The lowest BCUT2D eigenvalue weighted by Crippen LogP contribution is -2.39. The number of piperidine rings is 1. The van der Waals surface area contributed by atoms with E-state index in [4.69, 9.17) is 5.73 Å². The Bertz CT molecular complexity index is 916. The van der Waals surface area contributed by atoms with Crippen LogP contribution in [0.3, 0.4) is 0 Å². The number of amides is 1. The maximum atomic E-state index is 13.2. The van der Waals surface area contributed by atoms with Gasteiger partial charge >= 0.3 is 0 Å². The molecule has 0 spiro atoms. The molecular weight excluding hydrogens is 339 g/mol. The van der Waals surface area contributed by atoms with E-state index in [-0.39, 0.29) is 17.6 Å². The van der Waals surface area contributed by atoms with Crippen LogP contribution in [0.4, 0.5) is 10.2 Å². The summed E-state index contributed by atoms with van der Waals surface area (Å²) >= 11 is 1.55. The molecule has 7 heteroatoms. The van der Waals surface area contributed by atoms with Gasteiger partial charge in [-0.2, -0.15) is 0 Å². The monoisotopic (exact) mass is 356 g/mol. The predicted octanol–water partition coefficient (Wildman–Crippen LogP) is 3.20. The molecular formula is C18H17FN4OS. The summed E-state index contributed by atoms with van der Waals surface area (Å²) in [5.41, 5.74) is 7.37. The summed E-state index contributed by atoms with van der Waals surface area (Å²) < 4.78 is 13.2. The van der Waals surface area contributed by atoms with Gasteiger partial charge in [0.25, 0.3) is 0 Å². The molecule has 2 N–H and O–H groups in total. The Balaban J connectivity index is 1.74. The summed E-state index contributed by atoms with van der Waals surface area (Å²) in [6.45, 7) is 1.47. The van der Waals surface area contributed by atoms with Crippen molar-refractivity contribution in [3.8, 4) is 11.1 Å². The molecule has 3 aromatic rings. The quantitative estimate of drug-likeness (QED) is 0.782. The third-order valence-electron chi connectivity index (χ3n) is 4.70. The molecule has 1 aliphatic rings. The number of hydrogen-bond acceptors (Lipinski definition) is 5. The molecule has 0 saturated carbocycles. The Kier molecular flexibility index (Phi) is 4.09. The molecule has 1 aromatic carbocycles. The first-order chi connectivity index (χ1) is 12.1. The first-order valence-electron chi connectivity index (χ1n) is 8.16. The number of nitrogens with zero attached hydrogens (tertiary/aromatic N) is 3. The van der Waals surface area contributed by atoms with Gasteiger partial charge in [-0.1, -0.05) is 12.1 Å². The fourth-order valence-corrected chi connectivity index (χ4v) is 4.23. The Hall–Kier alpha value is -2.54. The lowest BCUT2D eigenvalue weighted by atomic mass is 9.96. The van der Waals surface area contributed by atoms with Crippen molar-refractivity contribution in [2.24, 2.45) is 11.7 Å². The molecule has 1 fully saturated rings. The molecule has 0 unspecified atom stereocenters. The maximum absolute atomic E-state index is 13.2. The van der Waals surface area contributed by atoms with Crippen molar-refractivity contribution in [2.45, 2.75) is 12.8 Å². The lowest BCUT2D eigenvalue weighted by Gasteiger charge is -2.31. The van der Waals surface area contributed by atoms with E-state index in [1.54, 1.807) is 29.8 Å². The number of carbonyl (C=O) groups is 1. The molecule has 3 heterocycles. The molecule has 0 bridgehead atoms. The molecule has 1 saturated heterocycles. The van der Waals surface area contributed by atoms with Crippen LogP contribution in [0.25, 0.3) is 21.3 Å². The average molecular weight is 356 g/mol. The number of rotatable bonds is 3. The smallest absolute Gasteiger partial charge is 0.220 e. The number of hydrogen-bond donors (Lipinski definition) is 1. The van der Waals surface area contributed by atoms with Crippen LogP contribution in [0.1, 0.15) is 12.8 Å². The second kappa shape index (κ2) is 6.40. The first kappa shape index (κ1) is 16.0. The highest BCUT2D eigenvalue weighted by Crippen LogP contribution is 2.38. The number of anilines is 1. The molecule has 5 nitrogen and oxygen atoms in total. The van der Waals surface area contributed by atoms with Gasteiger partial charge in [-0.05, 0) is 30.5 Å². The molecule has 2 aromatic heterocycles. The van der Waals surface area contributed by atoms with Gasteiger partial charge in [-0.15, -0.1) is 11.3 Å². The third kappa shape index (κ3) is 2.95. The summed E-state index contributed by atoms with van der Waals surface area (Å²) in [4.78, 5) is 23.4. The van der Waals surface area contributed by atoms with Gasteiger partial charge in [0.1, 0.15) is 22.8 Å². The fraction of sp³-hybridized carbons (Fsp3) is 0.278. The van der Waals surface area contributed by atoms with Crippen LogP contribution in [0.15, 0.2) is 36.0 Å². The minimum atomic E-state index is -0.256. The number of benzene rings is 1. The highest BCUT2D eigenvalue weighted by atomic mass is 32.1. The summed E-state index contributed by atoms with van der Waals surface area (Å²) in [5.74, 6) is 0.324. The van der Waals surface area contributed by atoms with Crippen LogP contribution in [0.2, 0.25) is 0 Å². The van der Waals surface area contributed by atoms with Crippen molar-refractivity contribution in [3.05, 3.63) is 41.8 Å². The number of aromatic nitrogens is 2. The molecule has 0 aliphatic carbocycles. The van der Waals surface area contributed by atoms with Gasteiger partial charge in [0.2, 0.25) is 5.91 Å². The van der Waals surface area contributed by atoms with E-state index in [2.05, 4.69) is 14.9 Å². The third-order valence-corrected chi connectivity index (χ3v) is 5.59. The minimum absolute atomic E-state index is 0.0624. The van der Waals surface area contributed by atoms with E-state index in [1.807, 2.05) is 5.38 Å². The summed E-state index contributed by atoms with van der Waals surface area (Å²) in [7, 11) is 0. The largest absolute Gasteiger partial charge is 0.369 e. The van der Waals surface area contributed by atoms with Crippen LogP contribution in [-0.2, 0) is 4.79 Å². The Labute approximate surface area is 148 Å². The van der Waals surface area contributed by atoms with E-state index < -0.39 is 0 Å². The van der Waals surface area contributed by atoms with Crippen molar-refractivity contribution in [2.75, 3.05) is 18.0 Å². The number of carbonyl (C=O) groups excluding carboxylic acids is 1. The van der Waals surface area contributed by atoms with E-state index in [0.29, 0.717) is 0 Å². The van der Waals surface area contributed by atoms with Crippen molar-refractivity contribution in [3.63, 3.8) is 0 Å². The van der Waals surface area contributed by atoms with Crippen LogP contribution in [0.5, 0.6) is 0 Å². The number of nitrogens with two attached hydrogens (primary N) is 1. The van der Waals surface area contributed by atoms with Gasteiger partial charge in [0.15, 0.2) is 0 Å². The van der Waals surface area contributed by atoms with Gasteiger partial charge in [0.05, 0.1) is 5.39 Å². The van der Waals surface area contributed by atoms with Gasteiger partial charge < -0.3 is 10.6 Å². The second-order valence-electron chi connectivity index (χ2n) is 6.20. The van der Waals surface area contributed by atoms with E-state index in [9.17, 15) is 9.18 Å². The number of thiophene rings is 1. The maximum Gasteiger partial charge on any atom is 0.220 e. The van der Waals surface area contributed by atoms with Crippen molar-refractivity contribution in [1.29, 1.82) is 0 Å². The molecule has 0 radical (unpaired) electrons. The summed E-state index contributed by atoms with van der Waals surface area (Å²) in [6, 6.07) is 6.46. The fourth-order valence-electron chi connectivity index (χ4n) is 3.32. The van der Waals surface area contributed by atoms with Crippen LogP contribution >= 0.6 is 11.3 Å². The second-order valence-corrected chi connectivity index (χ2v) is 7.06.